The minimum absolute atomic E-state index is 0.0270. The molecule has 2 N–H and O–H groups in total. The molecule has 5 nitrogen and oxygen atoms in total. The highest BCUT2D eigenvalue weighted by atomic mass is 16.4. The number of fused-ring (bicyclic) bond motifs is 2. The summed E-state index contributed by atoms with van der Waals surface area (Å²) in [5.41, 5.74) is 0. The molecule has 2 aliphatic heterocycles. The van der Waals surface area contributed by atoms with Crippen LogP contribution in [0.1, 0.15) is 51.9 Å². The van der Waals surface area contributed by atoms with Gasteiger partial charge in [0.15, 0.2) is 0 Å². The van der Waals surface area contributed by atoms with Gasteiger partial charge in [-0.25, -0.2) is 4.79 Å². The van der Waals surface area contributed by atoms with Gasteiger partial charge in [0, 0.05) is 18.1 Å². The van der Waals surface area contributed by atoms with E-state index in [0.717, 1.165) is 31.6 Å². The molecule has 1 aliphatic carbocycles. The van der Waals surface area contributed by atoms with E-state index < -0.39 is 5.97 Å². The fourth-order valence-corrected chi connectivity index (χ4v) is 4.22. The van der Waals surface area contributed by atoms with Crippen LogP contribution < -0.4 is 5.32 Å². The third-order valence-corrected chi connectivity index (χ3v) is 5.43. The van der Waals surface area contributed by atoms with Crippen LogP contribution in [0.4, 0.5) is 4.79 Å². The molecule has 5 heteroatoms. The van der Waals surface area contributed by atoms with E-state index in [1.54, 1.807) is 0 Å². The van der Waals surface area contributed by atoms with Crippen LogP contribution in [0.2, 0.25) is 0 Å². The van der Waals surface area contributed by atoms with Crippen molar-refractivity contribution in [2.45, 2.75) is 70.0 Å². The minimum Gasteiger partial charge on any atom is -0.481 e. The largest absolute Gasteiger partial charge is 0.481 e. The maximum atomic E-state index is 12.4. The topological polar surface area (TPSA) is 69.6 Å². The lowest BCUT2D eigenvalue weighted by atomic mass is 9.87. The zero-order valence-electron chi connectivity index (χ0n) is 12.0. The molecule has 3 fully saturated rings. The lowest BCUT2D eigenvalue weighted by Crippen LogP contribution is -2.48. The summed E-state index contributed by atoms with van der Waals surface area (Å²) in [7, 11) is 0. The second kappa shape index (κ2) is 5.26. The molecule has 2 saturated heterocycles. The van der Waals surface area contributed by atoms with Crippen molar-refractivity contribution in [2.24, 2.45) is 11.8 Å². The number of hydrogen-bond donors (Lipinski definition) is 2. The summed E-state index contributed by atoms with van der Waals surface area (Å²) >= 11 is 0. The Morgan fingerprint density at radius 1 is 1.10 bits per heavy atom. The lowest BCUT2D eigenvalue weighted by molar-refractivity contribution is -0.142. The highest BCUT2D eigenvalue weighted by molar-refractivity contribution is 5.79. The number of nitrogens with one attached hydrogen (secondary N) is 1. The van der Waals surface area contributed by atoms with E-state index in [2.05, 4.69) is 12.2 Å². The third kappa shape index (κ3) is 2.38. The van der Waals surface area contributed by atoms with Crippen molar-refractivity contribution in [1.82, 2.24) is 10.2 Å². The molecule has 3 unspecified atom stereocenters. The summed E-state index contributed by atoms with van der Waals surface area (Å²) in [5, 5.41) is 12.4. The first kappa shape index (κ1) is 13.7. The molecule has 3 rings (SSSR count). The molecule has 1 saturated carbocycles. The van der Waals surface area contributed by atoms with Gasteiger partial charge in [-0.3, -0.25) is 4.79 Å². The summed E-state index contributed by atoms with van der Waals surface area (Å²) in [4.78, 5) is 25.5. The van der Waals surface area contributed by atoms with Gasteiger partial charge in [-0.2, -0.15) is 0 Å². The Morgan fingerprint density at radius 3 is 2.40 bits per heavy atom. The SMILES string of the molecule is CC1CCC(NC(=O)N2C3CCC2C(C(=O)O)C3)CC1. The summed E-state index contributed by atoms with van der Waals surface area (Å²) < 4.78 is 0. The number of aliphatic carboxylic acids is 1. The van der Waals surface area contributed by atoms with Gasteiger partial charge in [-0.15, -0.1) is 0 Å². The maximum Gasteiger partial charge on any atom is 0.318 e. The second-order valence-corrected chi connectivity index (χ2v) is 6.79. The Kier molecular flexibility index (Phi) is 3.61. The lowest BCUT2D eigenvalue weighted by Gasteiger charge is -2.30. The van der Waals surface area contributed by atoms with E-state index in [0.29, 0.717) is 6.42 Å². The van der Waals surface area contributed by atoms with Gasteiger partial charge in [0.2, 0.25) is 0 Å². The smallest absolute Gasteiger partial charge is 0.318 e. The predicted molar refractivity (Wildman–Crippen MR) is 74.3 cm³/mol. The van der Waals surface area contributed by atoms with Crippen molar-refractivity contribution < 1.29 is 14.7 Å². The van der Waals surface area contributed by atoms with Crippen LogP contribution in [0.3, 0.4) is 0 Å². The zero-order valence-corrected chi connectivity index (χ0v) is 12.0. The number of nitrogens with zero attached hydrogens (tertiary/aromatic N) is 1. The Balaban J connectivity index is 1.59. The first-order valence-electron chi connectivity index (χ1n) is 7.88. The number of carbonyl (C=O) groups is 2. The van der Waals surface area contributed by atoms with Crippen LogP contribution in [-0.4, -0.2) is 40.1 Å². The Bertz CT molecular complexity index is 404. The zero-order chi connectivity index (χ0) is 14.3. The molecular formula is C15H24N2O3. The van der Waals surface area contributed by atoms with Crippen molar-refractivity contribution in [3.63, 3.8) is 0 Å². The highest BCUT2D eigenvalue weighted by Gasteiger charge is 2.51. The summed E-state index contributed by atoms with van der Waals surface area (Å²) in [5.74, 6) is -0.338. The van der Waals surface area contributed by atoms with Crippen LogP contribution in [0.5, 0.6) is 0 Å². The average molecular weight is 280 g/mol. The molecule has 20 heavy (non-hydrogen) atoms. The molecule has 2 amide bonds. The average Bonchev–Trinajstić information content (AvgIpc) is 2.99. The third-order valence-electron chi connectivity index (χ3n) is 5.43. The van der Waals surface area contributed by atoms with Crippen LogP contribution >= 0.6 is 0 Å². The van der Waals surface area contributed by atoms with E-state index in [-0.39, 0.29) is 30.1 Å². The summed E-state index contributed by atoms with van der Waals surface area (Å²) in [6.45, 7) is 2.26. The molecule has 0 aromatic carbocycles. The molecule has 3 atom stereocenters. The van der Waals surface area contributed by atoms with Crippen LogP contribution in [-0.2, 0) is 4.79 Å². The number of carbonyl (C=O) groups excluding carboxylic acids is 1. The van der Waals surface area contributed by atoms with Crippen molar-refractivity contribution in [3.8, 4) is 0 Å². The molecule has 3 aliphatic rings. The minimum atomic E-state index is -0.749. The van der Waals surface area contributed by atoms with Crippen LogP contribution in [0.15, 0.2) is 0 Å². The van der Waals surface area contributed by atoms with Gasteiger partial charge in [0.05, 0.1) is 5.92 Å². The Hall–Kier alpha value is -1.26. The van der Waals surface area contributed by atoms with Crippen molar-refractivity contribution >= 4 is 12.0 Å². The van der Waals surface area contributed by atoms with Gasteiger partial charge < -0.3 is 15.3 Å². The molecule has 112 valence electrons. The molecule has 0 aromatic rings. The second-order valence-electron chi connectivity index (χ2n) is 6.79. The molecule has 2 bridgehead atoms. The number of hydrogen-bond acceptors (Lipinski definition) is 2. The number of urea groups is 1. The molecule has 0 spiro atoms. The van der Waals surface area contributed by atoms with Gasteiger partial charge in [0.25, 0.3) is 0 Å². The fourth-order valence-electron chi connectivity index (χ4n) is 4.22. The van der Waals surface area contributed by atoms with Crippen LogP contribution in [0.25, 0.3) is 0 Å². The monoisotopic (exact) mass is 280 g/mol. The number of amides is 2. The fraction of sp³-hybridized carbons (Fsp3) is 0.867. The normalized spacial score (nSPS) is 39.9. The van der Waals surface area contributed by atoms with Crippen molar-refractivity contribution in [2.75, 3.05) is 0 Å². The standard InChI is InChI=1S/C15H24N2O3/c1-9-2-4-10(5-3-9)16-15(20)17-11-6-7-13(17)12(8-11)14(18)19/h9-13H,2-8H2,1H3,(H,16,20)(H,18,19). The van der Waals surface area contributed by atoms with E-state index in [9.17, 15) is 14.7 Å². The predicted octanol–water partition coefficient (Wildman–Crippen LogP) is 2.21. The number of rotatable bonds is 2. The number of carboxylic acid groups (broad SMARTS) is 1. The van der Waals surface area contributed by atoms with Gasteiger partial charge in [-0.05, 0) is 50.9 Å². The van der Waals surface area contributed by atoms with E-state index in [1.165, 1.54) is 12.8 Å². The van der Waals surface area contributed by atoms with Crippen molar-refractivity contribution in [1.29, 1.82) is 0 Å². The van der Waals surface area contributed by atoms with E-state index >= 15 is 0 Å². The molecule has 0 radical (unpaired) electrons. The van der Waals surface area contributed by atoms with Gasteiger partial charge in [0.1, 0.15) is 0 Å². The Morgan fingerprint density at radius 2 is 1.80 bits per heavy atom. The van der Waals surface area contributed by atoms with Crippen LogP contribution in [0, 0.1) is 11.8 Å². The van der Waals surface area contributed by atoms with E-state index in [4.69, 9.17) is 0 Å². The molecule has 2 heterocycles. The summed E-state index contributed by atoms with van der Waals surface area (Å²) in [6, 6.07) is 0.311. The first-order valence-corrected chi connectivity index (χ1v) is 7.88. The highest BCUT2D eigenvalue weighted by Crippen LogP contribution is 2.41. The Labute approximate surface area is 119 Å². The molecular weight excluding hydrogens is 256 g/mol. The first-order chi connectivity index (χ1) is 9.56. The van der Waals surface area contributed by atoms with Gasteiger partial charge in [-0.1, -0.05) is 6.92 Å². The van der Waals surface area contributed by atoms with Crippen molar-refractivity contribution in [3.05, 3.63) is 0 Å². The van der Waals surface area contributed by atoms with E-state index in [1.807, 2.05) is 4.90 Å². The maximum absolute atomic E-state index is 12.4. The van der Waals surface area contributed by atoms with Gasteiger partial charge >= 0.3 is 12.0 Å². The number of carboxylic acids is 1. The quantitative estimate of drug-likeness (QED) is 0.814. The molecule has 0 aromatic heterocycles. The summed E-state index contributed by atoms with van der Waals surface area (Å²) in [6.07, 6.45) is 6.90.